The fourth-order valence-corrected chi connectivity index (χ4v) is 2.78. The second-order valence-electron chi connectivity index (χ2n) is 3.80. The molecule has 0 amide bonds. The fourth-order valence-electron chi connectivity index (χ4n) is 1.53. The Morgan fingerprint density at radius 1 is 1.32 bits per heavy atom. The summed E-state index contributed by atoms with van der Waals surface area (Å²) in [6.07, 6.45) is 1.19. The highest BCUT2D eigenvalue weighted by Crippen LogP contribution is 2.35. The van der Waals surface area contributed by atoms with Crippen molar-refractivity contribution in [3.05, 3.63) is 45.0 Å². The van der Waals surface area contributed by atoms with Crippen molar-refractivity contribution in [3.8, 4) is 0 Å². The number of pyridine rings is 1. The van der Waals surface area contributed by atoms with Crippen molar-refractivity contribution in [2.24, 2.45) is 0 Å². The van der Waals surface area contributed by atoms with E-state index in [2.05, 4.69) is 15.0 Å². The number of nitrogens with zero attached hydrogens (tertiary/aromatic N) is 4. The summed E-state index contributed by atoms with van der Waals surface area (Å²) in [6.45, 7) is 3.79. The van der Waals surface area contributed by atoms with E-state index in [1.807, 2.05) is 26.0 Å². The van der Waals surface area contributed by atoms with Crippen LogP contribution in [0.3, 0.4) is 0 Å². The lowest BCUT2D eigenvalue weighted by molar-refractivity contribution is -0.388. The van der Waals surface area contributed by atoms with E-state index in [-0.39, 0.29) is 15.9 Å². The van der Waals surface area contributed by atoms with Gasteiger partial charge in [0.2, 0.25) is 5.15 Å². The third kappa shape index (κ3) is 3.18. The van der Waals surface area contributed by atoms with Crippen molar-refractivity contribution in [2.75, 3.05) is 0 Å². The molecule has 0 aliphatic rings. The molecule has 0 unspecified atom stereocenters. The molecule has 0 radical (unpaired) electrons. The van der Waals surface area contributed by atoms with Gasteiger partial charge in [0.15, 0.2) is 5.03 Å². The first-order chi connectivity index (χ1) is 8.97. The summed E-state index contributed by atoms with van der Waals surface area (Å²) in [5, 5.41) is 11.6. The summed E-state index contributed by atoms with van der Waals surface area (Å²) in [5.41, 5.74) is 1.57. The first-order valence-corrected chi connectivity index (χ1v) is 6.45. The van der Waals surface area contributed by atoms with Crippen LogP contribution < -0.4 is 0 Å². The maximum absolute atomic E-state index is 11.0. The summed E-state index contributed by atoms with van der Waals surface area (Å²) in [6, 6.07) is 3.75. The minimum atomic E-state index is -0.590. The molecule has 0 bridgehead atoms. The molecule has 8 heteroatoms. The van der Waals surface area contributed by atoms with Gasteiger partial charge in [0, 0.05) is 5.69 Å². The van der Waals surface area contributed by atoms with Gasteiger partial charge in [-0.3, -0.25) is 10.1 Å². The standard InChI is InChI=1S/C11H9ClN4O2S/c1-6-3-7(2)15-8(4-6)19-11-9(16(17)18)10(12)13-5-14-11/h3-5H,1-2H3. The Morgan fingerprint density at radius 2 is 2.05 bits per heavy atom. The van der Waals surface area contributed by atoms with Crippen LogP contribution in [0.1, 0.15) is 11.3 Å². The average molecular weight is 297 g/mol. The van der Waals surface area contributed by atoms with Gasteiger partial charge in [-0.25, -0.2) is 15.0 Å². The zero-order chi connectivity index (χ0) is 14.0. The number of nitro groups is 1. The molecule has 0 saturated carbocycles. The Hall–Kier alpha value is -1.73. The van der Waals surface area contributed by atoms with Crippen LogP contribution in [0.4, 0.5) is 5.69 Å². The minimum Gasteiger partial charge on any atom is -0.258 e. The van der Waals surface area contributed by atoms with Crippen LogP contribution in [0.25, 0.3) is 0 Å². The van der Waals surface area contributed by atoms with E-state index in [9.17, 15) is 10.1 Å². The van der Waals surface area contributed by atoms with E-state index in [1.165, 1.54) is 6.33 Å². The Labute approximate surface area is 118 Å². The molecule has 0 N–H and O–H groups in total. The van der Waals surface area contributed by atoms with Crippen LogP contribution in [-0.2, 0) is 0 Å². The van der Waals surface area contributed by atoms with Gasteiger partial charge in [-0.2, -0.15) is 0 Å². The van der Waals surface area contributed by atoms with E-state index < -0.39 is 4.92 Å². The van der Waals surface area contributed by atoms with Crippen LogP contribution in [0, 0.1) is 24.0 Å². The molecule has 2 aromatic heterocycles. The summed E-state index contributed by atoms with van der Waals surface area (Å²) in [7, 11) is 0. The van der Waals surface area contributed by atoms with Crippen LogP contribution >= 0.6 is 23.4 Å². The Balaban J connectivity index is 2.43. The van der Waals surface area contributed by atoms with Crippen molar-refractivity contribution >= 4 is 29.1 Å². The smallest absolute Gasteiger partial charge is 0.258 e. The molecule has 6 nitrogen and oxygen atoms in total. The molecule has 2 rings (SSSR count). The highest BCUT2D eigenvalue weighted by molar-refractivity contribution is 7.99. The molecular weight excluding hydrogens is 288 g/mol. The lowest BCUT2D eigenvalue weighted by Crippen LogP contribution is -1.97. The molecule has 0 atom stereocenters. The predicted molar refractivity (Wildman–Crippen MR) is 71.5 cm³/mol. The largest absolute Gasteiger partial charge is 0.338 e. The molecule has 2 heterocycles. The monoisotopic (exact) mass is 296 g/mol. The Kier molecular flexibility index (Phi) is 3.96. The molecule has 0 aliphatic carbocycles. The van der Waals surface area contributed by atoms with Gasteiger partial charge in [-0.05, 0) is 43.3 Å². The quantitative estimate of drug-likeness (QED) is 0.491. The van der Waals surface area contributed by atoms with Crippen molar-refractivity contribution in [2.45, 2.75) is 23.9 Å². The highest BCUT2D eigenvalue weighted by atomic mass is 35.5. The zero-order valence-corrected chi connectivity index (χ0v) is 11.7. The zero-order valence-electron chi connectivity index (χ0n) is 10.1. The van der Waals surface area contributed by atoms with Crippen LogP contribution in [0.5, 0.6) is 0 Å². The number of halogens is 1. The lowest BCUT2D eigenvalue weighted by Gasteiger charge is -2.04. The molecule has 0 fully saturated rings. The van der Waals surface area contributed by atoms with Gasteiger partial charge in [-0.1, -0.05) is 11.6 Å². The van der Waals surface area contributed by atoms with E-state index in [1.54, 1.807) is 0 Å². The molecule has 98 valence electrons. The van der Waals surface area contributed by atoms with Gasteiger partial charge >= 0.3 is 5.69 Å². The van der Waals surface area contributed by atoms with Gasteiger partial charge in [-0.15, -0.1) is 0 Å². The topological polar surface area (TPSA) is 81.8 Å². The fraction of sp³-hybridized carbons (Fsp3) is 0.182. The number of aryl methyl sites for hydroxylation is 2. The third-order valence-corrected chi connectivity index (χ3v) is 3.39. The van der Waals surface area contributed by atoms with Crippen LogP contribution in [0.15, 0.2) is 28.5 Å². The SMILES string of the molecule is Cc1cc(C)nc(Sc2ncnc(Cl)c2[N+](=O)[O-])c1. The van der Waals surface area contributed by atoms with Crippen molar-refractivity contribution in [1.82, 2.24) is 15.0 Å². The van der Waals surface area contributed by atoms with Gasteiger partial charge < -0.3 is 0 Å². The lowest BCUT2D eigenvalue weighted by atomic mass is 10.3. The van der Waals surface area contributed by atoms with E-state index in [0.717, 1.165) is 23.0 Å². The Morgan fingerprint density at radius 3 is 2.68 bits per heavy atom. The van der Waals surface area contributed by atoms with Crippen molar-refractivity contribution in [3.63, 3.8) is 0 Å². The van der Waals surface area contributed by atoms with Crippen LogP contribution in [0.2, 0.25) is 5.15 Å². The van der Waals surface area contributed by atoms with Gasteiger partial charge in [0.25, 0.3) is 0 Å². The third-order valence-electron chi connectivity index (χ3n) is 2.20. The second-order valence-corrected chi connectivity index (χ2v) is 5.17. The number of hydrogen-bond acceptors (Lipinski definition) is 6. The maximum atomic E-state index is 11.0. The summed E-state index contributed by atoms with van der Waals surface area (Å²) >= 11 is 6.82. The summed E-state index contributed by atoms with van der Waals surface area (Å²) in [4.78, 5) is 22.2. The van der Waals surface area contributed by atoms with E-state index in [4.69, 9.17) is 11.6 Å². The van der Waals surface area contributed by atoms with Gasteiger partial charge in [0.1, 0.15) is 11.4 Å². The molecule has 2 aromatic rings. The molecule has 0 spiro atoms. The Bertz CT molecular complexity index is 630. The summed E-state index contributed by atoms with van der Waals surface area (Å²) < 4.78 is 0. The first-order valence-electron chi connectivity index (χ1n) is 5.25. The predicted octanol–water partition coefficient (Wildman–Crippen LogP) is 3.20. The first kappa shape index (κ1) is 13.7. The minimum absolute atomic E-state index is 0.174. The molecule has 0 aromatic carbocycles. The highest BCUT2D eigenvalue weighted by Gasteiger charge is 2.22. The molecule has 0 saturated heterocycles. The second kappa shape index (κ2) is 5.50. The summed E-state index contributed by atoms with van der Waals surface area (Å²) in [5.74, 6) is 0. The normalized spacial score (nSPS) is 10.5. The van der Waals surface area contributed by atoms with Crippen molar-refractivity contribution in [1.29, 1.82) is 0 Å². The van der Waals surface area contributed by atoms with E-state index in [0.29, 0.717) is 5.03 Å². The number of rotatable bonds is 3. The maximum Gasteiger partial charge on any atom is 0.338 e. The van der Waals surface area contributed by atoms with Gasteiger partial charge in [0.05, 0.1) is 4.92 Å². The molecular formula is C11H9ClN4O2S. The van der Waals surface area contributed by atoms with E-state index >= 15 is 0 Å². The number of hydrogen-bond donors (Lipinski definition) is 0. The number of aromatic nitrogens is 3. The van der Waals surface area contributed by atoms with Crippen LogP contribution in [-0.4, -0.2) is 19.9 Å². The van der Waals surface area contributed by atoms with Crippen molar-refractivity contribution < 1.29 is 4.92 Å². The molecule has 0 aliphatic heterocycles. The molecule has 19 heavy (non-hydrogen) atoms. The average Bonchev–Trinajstić information content (AvgIpc) is 2.26.